The Morgan fingerprint density at radius 2 is 1.92 bits per heavy atom. The number of nitrogens with zero attached hydrogens (tertiary/aromatic N) is 4. The van der Waals surface area contributed by atoms with E-state index in [-0.39, 0.29) is 18.8 Å². The fraction of sp³-hybridized carbons (Fsp3) is 0.235. The molecule has 2 heterocycles. The van der Waals surface area contributed by atoms with Crippen LogP contribution in [0.25, 0.3) is 5.78 Å². The second kappa shape index (κ2) is 6.57. The molecule has 7 nitrogen and oxygen atoms in total. The molecule has 0 unspecified atom stereocenters. The first kappa shape index (κ1) is 15.8. The van der Waals surface area contributed by atoms with Gasteiger partial charge in [-0.3, -0.25) is 9.59 Å². The zero-order valence-corrected chi connectivity index (χ0v) is 13.4. The van der Waals surface area contributed by atoms with Gasteiger partial charge in [-0.25, -0.2) is 9.50 Å². The number of benzene rings is 1. The van der Waals surface area contributed by atoms with Crippen LogP contribution in [0, 0.1) is 13.8 Å². The summed E-state index contributed by atoms with van der Waals surface area (Å²) in [6.07, 6.45) is 1.44. The van der Waals surface area contributed by atoms with Crippen LogP contribution in [0.2, 0.25) is 0 Å². The maximum absolute atomic E-state index is 12.1. The van der Waals surface area contributed by atoms with E-state index in [9.17, 15) is 9.59 Å². The molecule has 0 spiro atoms. The zero-order chi connectivity index (χ0) is 17.1. The lowest BCUT2D eigenvalue weighted by molar-refractivity contribution is -0.141. The van der Waals surface area contributed by atoms with Crippen LogP contribution in [0.15, 0.2) is 36.7 Å². The Kier molecular flexibility index (Phi) is 4.33. The minimum Gasteiger partial charge on any atom is -0.457 e. The van der Waals surface area contributed by atoms with Gasteiger partial charge in [0.25, 0.3) is 5.78 Å². The van der Waals surface area contributed by atoms with Crippen molar-refractivity contribution >= 4 is 17.5 Å². The summed E-state index contributed by atoms with van der Waals surface area (Å²) in [6.45, 7) is 3.37. The summed E-state index contributed by atoms with van der Waals surface area (Å²) in [5.41, 5.74) is 2.72. The molecule has 0 aliphatic rings. The Morgan fingerprint density at radius 1 is 1.17 bits per heavy atom. The van der Waals surface area contributed by atoms with Crippen molar-refractivity contribution in [3.05, 3.63) is 59.2 Å². The van der Waals surface area contributed by atoms with E-state index >= 15 is 0 Å². The number of hydrogen-bond donors (Lipinski definition) is 0. The number of ether oxygens (including phenoxy) is 1. The highest BCUT2D eigenvalue weighted by atomic mass is 16.5. The summed E-state index contributed by atoms with van der Waals surface area (Å²) in [4.78, 5) is 32.4. The first-order valence-corrected chi connectivity index (χ1v) is 7.46. The fourth-order valence-electron chi connectivity index (χ4n) is 2.46. The molecule has 0 bridgehead atoms. The van der Waals surface area contributed by atoms with Gasteiger partial charge in [-0.2, -0.15) is 10.1 Å². The maximum atomic E-state index is 12.1. The van der Waals surface area contributed by atoms with Crippen molar-refractivity contribution in [3.63, 3.8) is 0 Å². The topological polar surface area (TPSA) is 86.4 Å². The number of Topliss-reactive ketones (excluding diaryl/α,β-unsaturated/α-hetero) is 1. The highest BCUT2D eigenvalue weighted by Crippen LogP contribution is 2.14. The standard InChI is InChI=1S/C17H16N4O3/c1-11-14(12(2)21-17(20-11)18-10-19-21)8-16(23)24-9-15(22)13-6-4-3-5-7-13/h3-7,10H,8-9H2,1-2H3. The second-order valence-electron chi connectivity index (χ2n) is 5.36. The van der Waals surface area contributed by atoms with Crippen molar-refractivity contribution < 1.29 is 14.3 Å². The lowest BCUT2D eigenvalue weighted by atomic mass is 10.1. The Morgan fingerprint density at radius 3 is 2.67 bits per heavy atom. The molecule has 24 heavy (non-hydrogen) atoms. The lowest BCUT2D eigenvalue weighted by Crippen LogP contribution is -2.17. The molecule has 0 N–H and O–H groups in total. The van der Waals surface area contributed by atoms with E-state index in [0.29, 0.717) is 17.0 Å². The van der Waals surface area contributed by atoms with Crippen LogP contribution in [0.1, 0.15) is 27.3 Å². The molecular weight excluding hydrogens is 308 g/mol. The quantitative estimate of drug-likeness (QED) is 0.524. The maximum Gasteiger partial charge on any atom is 0.310 e. The number of aryl methyl sites for hydroxylation is 2. The van der Waals surface area contributed by atoms with Gasteiger partial charge in [0.05, 0.1) is 6.42 Å². The third-order valence-corrected chi connectivity index (χ3v) is 3.77. The van der Waals surface area contributed by atoms with Crippen molar-refractivity contribution in [2.45, 2.75) is 20.3 Å². The molecule has 0 radical (unpaired) electrons. The molecule has 3 aromatic rings. The number of rotatable bonds is 5. The fourth-order valence-corrected chi connectivity index (χ4v) is 2.46. The van der Waals surface area contributed by atoms with Gasteiger partial charge in [0.2, 0.25) is 0 Å². The van der Waals surface area contributed by atoms with Crippen LogP contribution in [-0.4, -0.2) is 37.9 Å². The molecule has 1 aromatic carbocycles. The molecule has 2 aromatic heterocycles. The summed E-state index contributed by atoms with van der Waals surface area (Å²) in [5, 5.41) is 4.08. The van der Waals surface area contributed by atoms with Gasteiger partial charge in [0, 0.05) is 22.5 Å². The van der Waals surface area contributed by atoms with E-state index in [1.807, 2.05) is 13.0 Å². The van der Waals surface area contributed by atoms with Crippen LogP contribution in [0.3, 0.4) is 0 Å². The summed E-state index contributed by atoms with van der Waals surface area (Å²) < 4.78 is 6.68. The highest BCUT2D eigenvalue weighted by Gasteiger charge is 2.16. The van der Waals surface area contributed by atoms with Crippen molar-refractivity contribution in [1.82, 2.24) is 19.6 Å². The predicted octanol–water partition coefficient (Wildman–Crippen LogP) is 1.71. The normalized spacial score (nSPS) is 10.8. The molecule has 7 heteroatoms. The summed E-state index contributed by atoms with van der Waals surface area (Å²) in [6, 6.07) is 8.73. The van der Waals surface area contributed by atoms with Crippen molar-refractivity contribution in [2.24, 2.45) is 0 Å². The number of hydrogen-bond acceptors (Lipinski definition) is 6. The van der Waals surface area contributed by atoms with Gasteiger partial charge in [0.1, 0.15) is 6.33 Å². The average molecular weight is 324 g/mol. The van der Waals surface area contributed by atoms with E-state index in [2.05, 4.69) is 15.1 Å². The van der Waals surface area contributed by atoms with E-state index in [1.54, 1.807) is 35.7 Å². The second-order valence-corrected chi connectivity index (χ2v) is 5.36. The zero-order valence-electron chi connectivity index (χ0n) is 13.4. The van der Waals surface area contributed by atoms with E-state index in [4.69, 9.17) is 4.74 Å². The van der Waals surface area contributed by atoms with Gasteiger partial charge in [-0.15, -0.1) is 0 Å². The number of fused-ring (bicyclic) bond motifs is 1. The Balaban J connectivity index is 1.68. The Bertz CT molecular complexity index is 903. The summed E-state index contributed by atoms with van der Waals surface area (Å²) >= 11 is 0. The van der Waals surface area contributed by atoms with Gasteiger partial charge in [0.15, 0.2) is 12.4 Å². The molecule has 3 rings (SSSR count). The third-order valence-electron chi connectivity index (χ3n) is 3.77. The van der Waals surface area contributed by atoms with Crippen LogP contribution in [-0.2, 0) is 16.0 Å². The number of ketones is 1. The SMILES string of the molecule is Cc1nc2ncnn2c(C)c1CC(=O)OCC(=O)c1ccccc1. The van der Waals surface area contributed by atoms with Crippen molar-refractivity contribution in [1.29, 1.82) is 0 Å². The Hall–Kier alpha value is -3.09. The smallest absolute Gasteiger partial charge is 0.310 e. The number of esters is 1. The summed E-state index contributed by atoms with van der Waals surface area (Å²) in [7, 11) is 0. The van der Waals surface area contributed by atoms with E-state index in [0.717, 1.165) is 11.3 Å². The lowest BCUT2D eigenvalue weighted by Gasteiger charge is -2.10. The molecule has 0 aliphatic heterocycles. The largest absolute Gasteiger partial charge is 0.457 e. The van der Waals surface area contributed by atoms with Crippen LogP contribution in [0.4, 0.5) is 0 Å². The Labute approximate surface area is 138 Å². The van der Waals surface area contributed by atoms with Gasteiger partial charge in [-0.05, 0) is 13.8 Å². The third kappa shape index (κ3) is 3.15. The minimum absolute atomic E-state index is 0.0303. The van der Waals surface area contributed by atoms with Crippen molar-refractivity contribution in [3.8, 4) is 0 Å². The van der Waals surface area contributed by atoms with Gasteiger partial charge >= 0.3 is 5.97 Å². The molecule has 0 amide bonds. The minimum atomic E-state index is -0.480. The van der Waals surface area contributed by atoms with Gasteiger partial charge in [-0.1, -0.05) is 30.3 Å². The number of carbonyl (C=O) groups is 2. The molecule has 0 saturated carbocycles. The number of aromatic nitrogens is 4. The monoisotopic (exact) mass is 324 g/mol. The first-order valence-electron chi connectivity index (χ1n) is 7.46. The molecule has 0 atom stereocenters. The highest BCUT2D eigenvalue weighted by molar-refractivity contribution is 5.97. The summed E-state index contributed by atoms with van der Waals surface area (Å²) in [5.74, 6) is -0.227. The predicted molar refractivity (Wildman–Crippen MR) is 85.7 cm³/mol. The molecule has 0 fully saturated rings. The molecule has 122 valence electrons. The van der Waals surface area contributed by atoms with E-state index < -0.39 is 5.97 Å². The van der Waals surface area contributed by atoms with E-state index in [1.165, 1.54) is 6.33 Å². The van der Waals surface area contributed by atoms with Crippen LogP contribution >= 0.6 is 0 Å². The van der Waals surface area contributed by atoms with Crippen LogP contribution in [0.5, 0.6) is 0 Å². The first-order chi connectivity index (χ1) is 11.6. The molecule has 0 saturated heterocycles. The van der Waals surface area contributed by atoms with Crippen LogP contribution < -0.4 is 0 Å². The molecule has 0 aliphatic carbocycles. The van der Waals surface area contributed by atoms with Gasteiger partial charge < -0.3 is 4.74 Å². The number of carbonyl (C=O) groups excluding carboxylic acids is 2. The molecular formula is C17H16N4O3. The van der Waals surface area contributed by atoms with Crippen molar-refractivity contribution in [2.75, 3.05) is 6.61 Å². The average Bonchev–Trinajstić information content (AvgIpc) is 3.05.